The standard InChI is InChI=1S/C17H24N2OS/c1-5-12(2)18-11-10-16-19-17(13(3)21-16)14-6-8-15(20-4)9-7-14/h6-9,12,18H,5,10-11H2,1-4H3. The third-order valence-corrected chi connectivity index (χ3v) is 4.68. The molecule has 2 rings (SSSR count). The van der Waals surface area contributed by atoms with E-state index in [2.05, 4.69) is 38.2 Å². The van der Waals surface area contributed by atoms with Crippen LogP contribution in [0.2, 0.25) is 0 Å². The molecule has 0 saturated carbocycles. The topological polar surface area (TPSA) is 34.2 Å². The Kier molecular flexibility index (Phi) is 5.76. The lowest BCUT2D eigenvalue weighted by Crippen LogP contribution is -2.27. The van der Waals surface area contributed by atoms with E-state index in [1.54, 1.807) is 18.4 Å². The van der Waals surface area contributed by atoms with E-state index in [0.29, 0.717) is 6.04 Å². The molecule has 1 heterocycles. The zero-order chi connectivity index (χ0) is 15.2. The fourth-order valence-corrected chi connectivity index (χ4v) is 3.10. The van der Waals surface area contributed by atoms with Crippen molar-refractivity contribution in [3.8, 4) is 17.0 Å². The van der Waals surface area contributed by atoms with Crippen molar-refractivity contribution in [1.82, 2.24) is 10.3 Å². The Hall–Kier alpha value is -1.39. The zero-order valence-corrected chi connectivity index (χ0v) is 14.1. The monoisotopic (exact) mass is 304 g/mol. The Bertz CT molecular complexity index is 563. The van der Waals surface area contributed by atoms with Gasteiger partial charge in [-0.1, -0.05) is 6.92 Å². The highest BCUT2D eigenvalue weighted by Crippen LogP contribution is 2.28. The summed E-state index contributed by atoms with van der Waals surface area (Å²) in [7, 11) is 1.69. The molecule has 1 aromatic carbocycles. The van der Waals surface area contributed by atoms with Crippen LogP contribution in [0.15, 0.2) is 24.3 Å². The summed E-state index contributed by atoms with van der Waals surface area (Å²) < 4.78 is 5.20. The molecule has 114 valence electrons. The number of methoxy groups -OCH3 is 1. The average molecular weight is 304 g/mol. The van der Waals surface area contributed by atoms with Crippen LogP contribution in [0.5, 0.6) is 5.75 Å². The molecule has 0 fully saturated rings. The maximum Gasteiger partial charge on any atom is 0.118 e. The number of nitrogens with zero attached hydrogens (tertiary/aromatic N) is 1. The molecule has 4 heteroatoms. The van der Waals surface area contributed by atoms with E-state index in [-0.39, 0.29) is 0 Å². The number of benzene rings is 1. The lowest BCUT2D eigenvalue weighted by Gasteiger charge is -2.09. The summed E-state index contributed by atoms with van der Waals surface area (Å²) >= 11 is 1.80. The Morgan fingerprint density at radius 3 is 2.62 bits per heavy atom. The van der Waals surface area contributed by atoms with Crippen molar-refractivity contribution in [3.05, 3.63) is 34.2 Å². The first-order valence-corrected chi connectivity index (χ1v) is 8.29. The second-order valence-corrected chi connectivity index (χ2v) is 6.54. The zero-order valence-electron chi connectivity index (χ0n) is 13.3. The molecular formula is C17H24N2OS. The molecule has 2 aromatic rings. The van der Waals surface area contributed by atoms with Gasteiger partial charge in [0.15, 0.2) is 0 Å². The minimum absolute atomic E-state index is 0.576. The molecule has 0 aliphatic rings. The van der Waals surface area contributed by atoms with Gasteiger partial charge in [0.25, 0.3) is 0 Å². The van der Waals surface area contributed by atoms with E-state index < -0.39 is 0 Å². The smallest absolute Gasteiger partial charge is 0.118 e. The third-order valence-electron chi connectivity index (χ3n) is 3.65. The second kappa shape index (κ2) is 7.57. The van der Waals surface area contributed by atoms with Gasteiger partial charge in [-0.2, -0.15) is 0 Å². The van der Waals surface area contributed by atoms with Crippen molar-refractivity contribution in [3.63, 3.8) is 0 Å². The van der Waals surface area contributed by atoms with Crippen LogP contribution in [0.3, 0.4) is 0 Å². The third kappa shape index (κ3) is 4.29. The van der Waals surface area contributed by atoms with Crippen molar-refractivity contribution >= 4 is 11.3 Å². The normalized spacial score (nSPS) is 12.4. The molecule has 1 N–H and O–H groups in total. The SMILES string of the molecule is CCC(C)NCCc1nc(-c2ccc(OC)cc2)c(C)s1. The number of ether oxygens (including phenoxy) is 1. The van der Waals surface area contributed by atoms with E-state index in [4.69, 9.17) is 9.72 Å². The number of thiazole rings is 1. The van der Waals surface area contributed by atoms with Crippen LogP contribution < -0.4 is 10.1 Å². The van der Waals surface area contributed by atoms with E-state index in [1.165, 1.54) is 9.88 Å². The Labute approximate surface area is 131 Å². The van der Waals surface area contributed by atoms with Gasteiger partial charge in [-0.15, -0.1) is 11.3 Å². The first-order chi connectivity index (χ1) is 10.1. The Morgan fingerprint density at radius 2 is 2.00 bits per heavy atom. The van der Waals surface area contributed by atoms with Gasteiger partial charge in [0.1, 0.15) is 5.75 Å². The van der Waals surface area contributed by atoms with Gasteiger partial charge in [-0.25, -0.2) is 4.98 Å². The van der Waals surface area contributed by atoms with Crippen LogP contribution in [-0.2, 0) is 6.42 Å². The average Bonchev–Trinajstić information content (AvgIpc) is 2.88. The van der Waals surface area contributed by atoms with E-state index >= 15 is 0 Å². The quantitative estimate of drug-likeness (QED) is 0.837. The maximum absolute atomic E-state index is 5.20. The molecule has 0 radical (unpaired) electrons. The number of nitrogens with one attached hydrogen (secondary N) is 1. The van der Waals surface area contributed by atoms with Crippen molar-refractivity contribution < 1.29 is 4.74 Å². The fraction of sp³-hybridized carbons (Fsp3) is 0.471. The van der Waals surface area contributed by atoms with Crippen molar-refractivity contribution in [2.24, 2.45) is 0 Å². The van der Waals surface area contributed by atoms with E-state index in [1.807, 2.05) is 12.1 Å². The molecule has 0 bridgehead atoms. The molecule has 21 heavy (non-hydrogen) atoms. The molecule has 1 aromatic heterocycles. The summed E-state index contributed by atoms with van der Waals surface area (Å²) in [4.78, 5) is 6.07. The molecule has 1 unspecified atom stereocenters. The lowest BCUT2D eigenvalue weighted by molar-refractivity contribution is 0.415. The number of aryl methyl sites for hydroxylation is 1. The van der Waals surface area contributed by atoms with Crippen LogP contribution in [0.4, 0.5) is 0 Å². The van der Waals surface area contributed by atoms with Gasteiger partial charge in [0.05, 0.1) is 17.8 Å². The first-order valence-electron chi connectivity index (χ1n) is 7.48. The Morgan fingerprint density at radius 1 is 1.29 bits per heavy atom. The van der Waals surface area contributed by atoms with Crippen LogP contribution in [-0.4, -0.2) is 24.7 Å². The molecule has 0 aliphatic heterocycles. The summed E-state index contributed by atoms with van der Waals surface area (Å²) in [5.41, 5.74) is 2.26. The minimum atomic E-state index is 0.576. The maximum atomic E-state index is 5.20. The van der Waals surface area contributed by atoms with Gasteiger partial charge in [-0.05, 0) is 44.5 Å². The predicted octanol–water partition coefficient (Wildman–Crippen LogP) is 4.06. The van der Waals surface area contributed by atoms with Gasteiger partial charge in [-0.3, -0.25) is 0 Å². The van der Waals surface area contributed by atoms with Crippen molar-refractivity contribution in [2.75, 3.05) is 13.7 Å². The molecule has 0 spiro atoms. The number of aromatic nitrogens is 1. The molecule has 1 atom stereocenters. The van der Waals surface area contributed by atoms with Gasteiger partial charge in [0.2, 0.25) is 0 Å². The number of rotatable bonds is 7. The fourth-order valence-electron chi connectivity index (χ4n) is 2.14. The van der Waals surface area contributed by atoms with Gasteiger partial charge >= 0.3 is 0 Å². The van der Waals surface area contributed by atoms with Crippen LogP contribution in [0.1, 0.15) is 30.2 Å². The van der Waals surface area contributed by atoms with Gasteiger partial charge < -0.3 is 10.1 Å². The molecule has 0 amide bonds. The molecule has 3 nitrogen and oxygen atoms in total. The van der Waals surface area contributed by atoms with E-state index in [0.717, 1.165) is 36.4 Å². The van der Waals surface area contributed by atoms with Crippen molar-refractivity contribution in [2.45, 2.75) is 39.7 Å². The predicted molar refractivity (Wildman–Crippen MR) is 90.3 cm³/mol. The largest absolute Gasteiger partial charge is 0.497 e. The van der Waals surface area contributed by atoms with E-state index in [9.17, 15) is 0 Å². The highest BCUT2D eigenvalue weighted by Gasteiger charge is 2.10. The number of hydrogen-bond acceptors (Lipinski definition) is 4. The van der Waals surface area contributed by atoms with Crippen LogP contribution in [0.25, 0.3) is 11.3 Å². The highest BCUT2D eigenvalue weighted by molar-refractivity contribution is 7.12. The van der Waals surface area contributed by atoms with Crippen LogP contribution >= 0.6 is 11.3 Å². The van der Waals surface area contributed by atoms with Gasteiger partial charge in [0, 0.05) is 29.4 Å². The summed E-state index contributed by atoms with van der Waals surface area (Å²) in [6, 6.07) is 8.69. The number of hydrogen-bond donors (Lipinski definition) is 1. The molecule has 0 saturated heterocycles. The highest BCUT2D eigenvalue weighted by atomic mass is 32.1. The summed E-state index contributed by atoms with van der Waals surface area (Å²) in [6.45, 7) is 7.55. The van der Waals surface area contributed by atoms with Crippen LogP contribution in [0, 0.1) is 6.92 Å². The molecule has 0 aliphatic carbocycles. The minimum Gasteiger partial charge on any atom is -0.497 e. The summed E-state index contributed by atoms with van der Waals surface area (Å²) in [5, 5.41) is 4.72. The summed E-state index contributed by atoms with van der Waals surface area (Å²) in [6.07, 6.45) is 2.15. The Balaban J connectivity index is 2.04. The van der Waals surface area contributed by atoms with Crippen molar-refractivity contribution in [1.29, 1.82) is 0 Å². The molecular weight excluding hydrogens is 280 g/mol. The lowest BCUT2D eigenvalue weighted by atomic mass is 10.1. The first kappa shape index (κ1) is 16.0. The summed E-state index contributed by atoms with van der Waals surface area (Å²) in [5.74, 6) is 0.879. The second-order valence-electron chi connectivity index (χ2n) is 5.25.